The molecule has 6 aromatic rings. The molecule has 0 unspecified atom stereocenters. The van der Waals surface area contributed by atoms with Crippen LogP contribution in [0, 0.1) is 6.92 Å². The summed E-state index contributed by atoms with van der Waals surface area (Å²) in [6.45, 7) is 6.99. The molecule has 42 heavy (non-hydrogen) atoms. The van der Waals surface area contributed by atoms with Crippen LogP contribution in [-0.2, 0) is 18.3 Å². The standard InChI is InChI=1S/C42H34/c1-27-33-10-4-6-13-37(33)41(38-14-7-5-11-34(27)38)31-22-20-29(21-23-31)28-16-18-30(19-17-28)32-24-25-36-35-12-8-9-15-39(35)42(2,3)40(36)26-32/h4-10,12-13,15-26H,11,14H2,1-3H3. The average Bonchev–Trinajstić information content (AvgIpc) is 3.27. The number of allylic oxidation sites excluding steroid dienone is 2. The molecule has 0 amide bonds. The van der Waals surface area contributed by atoms with Gasteiger partial charge in [-0.1, -0.05) is 135 Å². The van der Waals surface area contributed by atoms with Crippen LogP contribution in [0.25, 0.3) is 55.3 Å². The van der Waals surface area contributed by atoms with E-state index < -0.39 is 0 Å². The summed E-state index contributed by atoms with van der Waals surface area (Å²) in [6.07, 6.45) is 6.68. The maximum Gasteiger partial charge on any atom is 0.0159 e. The van der Waals surface area contributed by atoms with Crippen molar-refractivity contribution < 1.29 is 0 Å². The molecule has 8 rings (SSSR count). The van der Waals surface area contributed by atoms with Crippen molar-refractivity contribution in [2.24, 2.45) is 0 Å². The van der Waals surface area contributed by atoms with Gasteiger partial charge in [0.05, 0.1) is 0 Å². The molecule has 0 heterocycles. The summed E-state index contributed by atoms with van der Waals surface area (Å²) in [7, 11) is 0. The van der Waals surface area contributed by atoms with Crippen LogP contribution in [-0.4, -0.2) is 0 Å². The maximum absolute atomic E-state index is 2.40. The molecule has 202 valence electrons. The monoisotopic (exact) mass is 538 g/mol. The zero-order valence-electron chi connectivity index (χ0n) is 24.5. The van der Waals surface area contributed by atoms with Gasteiger partial charge in [0.15, 0.2) is 0 Å². The van der Waals surface area contributed by atoms with Crippen molar-refractivity contribution in [2.75, 3.05) is 0 Å². The second-order valence-corrected chi connectivity index (χ2v) is 12.5. The molecular weight excluding hydrogens is 504 g/mol. The van der Waals surface area contributed by atoms with E-state index in [0.29, 0.717) is 0 Å². The van der Waals surface area contributed by atoms with Crippen LogP contribution in [0.3, 0.4) is 0 Å². The summed E-state index contributed by atoms with van der Waals surface area (Å²) >= 11 is 0. The predicted octanol–water partition coefficient (Wildman–Crippen LogP) is 11.1. The summed E-state index contributed by atoms with van der Waals surface area (Å²) in [4.78, 5) is 0. The highest BCUT2D eigenvalue weighted by molar-refractivity contribution is 6.01. The Bertz CT molecular complexity index is 2030. The van der Waals surface area contributed by atoms with Gasteiger partial charge in [0.2, 0.25) is 0 Å². The van der Waals surface area contributed by atoms with Crippen molar-refractivity contribution in [3.05, 3.63) is 155 Å². The van der Waals surface area contributed by atoms with Crippen molar-refractivity contribution in [1.82, 2.24) is 0 Å². The highest BCUT2D eigenvalue weighted by Gasteiger charge is 2.35. The van der Waals surface area contributed by atoms with Gasteiger partial charge in [-0.3, -0.25) is 0 Å². The third-order valence-electron chi connectivity index (χ3n) is 9.84. The third-order valence-corrected chi connectivity index (χ3v) is 9.84. The first-order chi connectivity index (χ1) is 20.5. The lowest BCUT2D eigenvalue weighted by atomic mass is 9.81. The molecule has 0 saturated carbocycles. The fourth-order valence-electron chi connectivity index (χ4n) is 7.53. The van der Waals surface area contributed by atoms with Crippen LogP contribution >= 0.6 is 0 Å². The topological polar surface area (TPSA) is 0 Å². The number of hydrogen-bond donors (Lipinski definition) is 0. The van der Waals surface area contributed by atoms with E-state index in [-0.39, 0.29) is 5.41 Å². The van der Waals surface area contributed by atoms with E-state index in [1.165, 1.54) is 83.1 Å². The molecule has 0 bridgehead atoms. The lowest BCUT2D eigenvalue weighted by Gasteiger charge is -2.22. The largest absolute Gasteiger partial charge is 0.0838 e. The number of fused-ring (bicyclic) bond motifs is 5. The van der Waals surface area contributed by atoms with Crippen LogP contribution < -0.4 is 0 Å². The number of hydrogen-bond acceptors (Lipinski definition) is 0. The van der Waals surface area contributed by atoms with Crippen LogP contribution in [0.5, 0.6) is 0 Å². The van der Waals surface area contributed by atoms with Gasteiger partial charge in [-0.05, 0) is 109 Å². The van der Waals surface area contributed by atoms with Crippen LogP contribution in [0.4, 0.5) is 0 Å². The first-order valence-corrected chi connectivity index (χ1v) is 15.1. The molecular formula is C42H34. The Balaban J connectivity index is 1.12. The van der Waals surface area contributed by atoms with E-state index in [9.17, 15) is 0 Å². The van der Waals surface area contributed by atoms with Gasteiger partial charge in [-0.2, -0.15) is 0 Å². The summed E-state index contributed by atoms with van der Waals surface area (Å²) in [6, 6.07) is 43.1. The fourth-order valence-corrected chi connectivity index (χ4v) is 7.53. The molecule has 0 heteroatoms. The van der Waals surface area contributed by atoms with E-state index >= 15 is 0 Å². The summed E-state index contributed by atoms with van der Waals surface area (Å²) < 4.78 is 0. The Kier molecular flexibility index (Phi) is 5.63. The fraction of sp³-hybridized carbons (Fsp3) is 0.143. The molecule has 0 spiro atoms. The Morgan fingerprint density at radius 3 is 1.71 bits per heavy atom. The molecule has 0 aliphatic heterocycles. The van der Waals surface area contributed by atoms with Crippen LogP contribution in [0.1, 0.15) is 41.7 Å². The van der Waals surface area contributed by atoms with E-state index in [1.54, 1.807) is 0 Å². The van der Waals surface area contributed by atoms with Crippen molar-refractivity contribution in [3.8, 4) is 44.5 Å². The second-order valence-electron chi connectivity index (χ2n) is 12.5. The zero-order chi connectivity index (χ0) is 28.4. The average molecular weight is 539 g/mol. The molecule has 2 aliphatic carbocycles. The van der Waals surface area contributed by atoms with Gasteiger partial charge in [0, 0.05) is 5.41 Å². The van der Waals surface area contributed by atoms with Crippen molar-refractivity contribution in [3.63, 3.8) is 0 Å². The Hall–Kier alpha value is -4.68. The lowest BCUT2D eigenvalue weighted by Crippen LogP contribution is -2.14. The normalized spacial score (nSPS) is 14.5. The van der Waals surface area contributed by atoms with Gasteiger partial charge >= 0.3 is 0 Å². The van der Waals surface area contributed by atoms with E-state index in [4.69, 9.17) is 0 Å². The second kappa shape index (κ2) is 9.43. The van der Waals surface area contributed by atoms with Crippen LogP contribution in [0.15, 0.2) is 127 Å². The quantitative estimate of drug-likeness (QED) is 0.197. The lowest BCUT2D eigenvalue weighted by molar-refractivity contribution is 0.660. The van der Waals surface area contributed by atoms with Gasteiger partial charge < -0.3 is 0 Å². The molecule has 0 nitrogen and oxygen atoms in total. The Morgan fingerprint density at radius 2 is 1.00 bits per heavy atom. The van der Waals surface area contributed by atoms with Gasteiger partial charge in [-0.15, -0.1) is 0 Å². The summed E-state index contributed by atoms with van der Waals surface area (Å²) in [5.74, 6) is 0. The number of rotatable bonds is 3. The maximum atomic E-state index is 2.40. The molecule has 0 saturated heterocycles. The van der Waals surface area contributed by atoms with E-state index in [1.807, 2.05) is 0 Å². The smallest absolute Gasteiger partial charge is 0.0159 e. The first kappa shape index (κ1) is 25.1. The SMILES string of the molecule is Cc1c2c(c(-c3ccc(-c4ccc(-c5ccc6c(c5)C(C)(C)c5ccccc5-6)cc4)cc3)c3ccccc13)CC=CC2. The third kappa shape index (κ3) is 3.75. The minimum absolute atomic E-state index is 0.0158. The first-order valence-electron chi connectivity index (χ1n) is 15.1. The molecule has 0 atom stereocenters. The van der Waals surface area contributed by atoms with E-state index in [2.05, 4.69) is 148 Å². The Labute approximate surface area is 249 Å². The number of benzene rings is 6. The summed E-state index contributed by atoms with van der Waals surface area (Å²) in [5, 5.41) is 2.74. The Morgan fingerprint density at radius 1 is 0.476 bits per heavy atom. The highest BCUT2D eigenvalue weighted by Crippen LogP contribution is 2.49. The van der Waals surface area contributed by atoms with Gasteiger partial charge in [0.25, 0.3) is 0 Å². The molecule has 0 fully saturated rings. The summed E-state index contributed by atoms with van der Waals surface area (Å²) in [5.41, 5.74) is 17.8. The molecule has 0 aromatic heterocycles. The molecule has 6 aromatic carbocycles. The minimum atomic E-state index is 0.0158. The van der Waals surface area contributed by atoms with Crippen molar-refractivity contribution >= 4 is 10.8 Å². The van der Waals surface area contributed by atoms with Crippen molar-refractivity contribution in [2.45, 2.75) is 39.0 Å². The molecule has 2 aliphatic rings. The zero-order valence-corrected chi connectivity index (χ0v) is 24.5. The predicted molar refractivity (Wildman–Crippen MR) is 179 cm³/mol. The molecule has 0 radical (unpaired) electrons. The minimum Gasteiger partial charge on any atom is -0.0838 e. The van der Waals surface area contributed by atoms with Crippen LogP contribution in [0.2, 0.25) is 0 Å². The molecule has 0 N–H and O–H groups in total. The van der Waals surface area contributed by atoms with Gasteiger partial charge in [-0.25, -0.2) is 0 Å². The van der Waals surface area contributed by atoms with Crippen molar-refractivity contribution in [1.29, 1.82) is 0 Å². The highest BCUT2D eigenvalue weighted by atomic mass is 14.4. The van der Waals surface area contributed by atoms with Gasteiger partial charge in [0.1, 0.15) is 0 Å². The number of aryl methyl sites for hydroxylation is 1. The van der Waals surface area contributed by atoms with E-state index in [0.717, 1.165) is 12.8 Å².